The van der Waals surface area contributed by atoms with Crippen LogP contribution >= 0.6 is 0 Å². The van der Waals surface area contributed by atoms with Crippen molar-refractivity contribution < 1.29 is 0 Å². The van der Waals surface area contributed by atoms with E-state index < -0.39 is 0 Å². The van der Waals surface area contributed by atoms with Crippen molar-refractivity contribution in [1.82, 2.24) is 9.13 Å². The van der Waals surface area contributed by atoms with Crippen LogP contribution in [0.15, 0.2) is 109 Å². The SMILES string of the molecule is CCCCCCCCc1ccc(-n2c3ccccc3c3cc4c(cc32)c2ccccc2n4-c2ccc(CCCCCCCC)cc2)cc1. The van der Waals surface area contributed by atoms with Crippen molar-refractivity contribution in [3.8, 4) is 11.4 Å². The molecular formula is C46H52N2. The molecule has 0 spiro atoms. The highest BCUT2D eigenvalue weighted by atomic mass is 15.0. The van der Waals surface area contributed by atoms with Crippen LogP contribution in [-0.2, 0) is 12.8 Å². The Bertz CT molecular complexity index is 1940. The van der Waals surface area contributed by atoms with E-state index in [1.807, 2.05) is 0 Å². The Kier molecular flexibility index (Phi) is 10.3. The zero-order valence-electron chi connectivity index (χ0n) is 29.2. The molecule has 5 aromatic carbocycles. The number of rotatable bonds is 16. The third kappa shape index (κ3) is 6.68. The minimum absolute atomic E-state index is 1.17. The monoisotopic (exact) mass is 632 g/mol. The number of para-hydroxylation sites is 2. The predicted octanol–water partition coefficient (Wildman–Crippen LogP) is 13.7. The summed E-state index contributed by atoms with van der Waals surface area (Å²) in [5.74, 6) is 0. The minimum Gasteiger partial charge on any atom is -0.309 e. The van der Waals surface area contributed by atoms with Crippen LogP contribution in [0.5, 0.6) is 0 Å². The summed E-state index contributed by atoms with van der Waals surface area (Å²) < 4.78 is 4.95. The summed E-state index contributed by atoms with van der Waals surface area (Å²) in [6, 6.07) is 41.5. The summed E-state index contributed by atoms with van der Waals surface area (Å²) in [5.41, 5.74) is 10.4. The van der Waals surface area contributed by atoms with Crippen molar-refractivity contribution in [2.45, 2.75) is 104 Å². The van der Waals surface area contributed by atoms with Crippen LogP contribution in [0.1, 0.15) is 102 Å². The molecule has 0 unspecified atom stereocenters. The van der Waals surface area contributed by atoms with Gasteiger partial charge in [-0.15, -0.1) is 0 Å². The van der Waals surface area contributed by atoms with E-state index in [2.05, 4.69) is 132 Å². The molecule has 0 radical (unpaired) electrons. The Morgan fingerprint density at radius 2 is 0.729 bits per heavy atom. The normalized spacial score (nSPS) is 11.9. The van der Waals surface area contributed by atoms with Gasteiger partial charge in [0.25, 0.3) is 0 Å². The zero-order chi connectivity index (χ0) is 32.7. The maximum Gasteiger partial charge on any atom is 0.0548 e. The van der Waals surface area contributed by atoms with Crippen LogP contribution < -0.4 is 0 Å². The molecule has 0 N–H and O–H groups in total. The van der Waals surface area contributed by atoms with Gasteiger partial charge in [-0.25, -0.2) is 0 Å². The Balaban J connectivity index is 1.24. The van der Waals surface area contributed by atoms with Gasteiger partial charge in [-0.1, -0.05) is 139 Å². The Morgan fingerprint density at radius 1 is 0.354 bits per heavy atom. The van der Waals surface area contributed by atoms with Crippen molar-refractivity contribution >= 4 is 43.6 Å². The average molecular weight is 633 g/mol. The van der Waals surface area contributed by atoms with Gasteiger partial charge in [-0.3, -0.25) is 0 Å². The number of aryl methyl sites for hydroxylation is 2. The first-order chi connectivity index (χ1) is 23.8. The van der Waals surface area contributed by atoms with E-state index in [1.165, 1.54) is 156 Å². The van der Waals surface area contributed by atoms with Crippen LogP contribution in [0, 0.1) is 0 Å². The first kappa shape index (κ1) is 32.3. The molecule has 0 atom stereocenters. The Hall–Kier alpha value is -4.30. The molecule has 48 heavy (non-hydrogen) atoms. The highest BCUT2D eigenvalue weighted by molar-refractivity contribution is 6.19. The van der Waals surface area contributed by atoms with Crippen LogP contribution in [0.4, 0.5) is 0 Å². The van der Waals surface area contributed by atoms with Gasteiger partial charge >= 0.3 is 0 Å². The van der Waals surface area contributed by atoms with Crippen molar-refractivity contribution in [3.05, 3.63) is 120 Å². The molecular weight excluding hydrogens is 581 g/mol. The van der Waals surface area contributed by atoms with E-state index >= 15 is 0 Å². The number of benzene rings is 5. The van der Waals surface area contributed by atoms with E-state index in [0.29, 0.717) is 0 Å². The van der Waals surface area contributed by atoms with Gasteiger partial charge < -0.3 is 9.13 Å². The molecule has 0 aliphatic carbocycles. The fraction of sp³-hybridized carbons (Fsp3) is 0.348. The highest BCUT2D eigenvalue weighted by Gasteiger charge is 2.18. The standard InChI is InChI=1S/C46H52N2/c1-3-5-7-9-11-13-19-35-25-29-37(30-26-35)47-43-23-17-15-21-39(43)41-34-46-42(33-45(41)47)40-22-16-18-24-44(40)48(46)38-31-27-36(28-32-38)20-14-12-10-8-6-4-2/h15-18,21-34H,3-14,19-20H2,1-2H3. The molecule has 2 nitrogen and oxygen atoms in total. The molecule has 246 valence electrons. The highest BCUT2D eigenvalue weighted by Crippen LogP contribution is 2.39. The summed E-state index contributed by atoms with van der Waals surface area (Å²) in [6.07, 6.45) is 18.4. The van der Waals surface area contributed by atoms with E-state index in [-0.39, 0.29) is 0 Å². The van der Waals surface area contributed by atoms with Gasteiger partial charge in [0.1, 0.15) is 0 Å². The van der Waals surface area contributed by atoms with Crippen molar-refractivity contribution in [1.29, 1.82) is 0 Å². The maximum absolute atomic E-state index is 2.47. The topological polar surface area (TPSA) is 9.86 Å². The van der Waals surface area contributed by atoms with Gasteiger partial charge in [-0.2, -0.15) is 0 Å². The molecule has 0 saturated heterocycles. The molecule has 7 aromatic rings. The van der Waals surface area contributed by atoms with Crippen molar-refractivity contribution in [2.24, 2.45) is 0 Å². The lowest BCUT2D eigenvalue weighted by molar-refractivity contribution is 0.607. The van der Waals surface area contributed by atoms with Gasteiger partial charge in [0, 0.05) is 32.9 Å². The number of fused-ring (bicyclic) bond motifs is 6. The third-order valence-corrected chi connectivity index (χ3v) is 10.5. The Morgan fingerprint density at radius 3 is 1.15 bits per heavy atom. The smallest absolute Gasteiger partial charge is 0.0548 e. The maximum atomic E-state index is 2.47. The molecule has 0 saturated carbocycles. The Labute approximate surface area is 287 Å². The summed E-state index contributed by atoms with van der Waals surface area (Å²) >= 11 is 0. The van der Waals surface area contributed by atoms with Crippen molar-refractivity contribution in [2.75, 3.05) is 0 Å². The van der Waals surface area contributed by atoms with E-state index in [4.69, 9.17) is 0 Å². The number of nitrogens with zero attached hydrogens (tertiary/aromatic N) is 2. The molecule has 0 aliphatic rings. The lowest BCUT2D eigenvalue weighted by Gasteiger charge is -2.11. The van der Waals surface area contributed by atoms with Gasteiger partial charge in [0.05, 0.1) is 22.1 Å². The van der Waals surface area contributed by atoms with Crippen LogP contribution in [-0.4, -0.2) is 9.13 Å². The fourth-order valence-corrected chi connectivity index (χ4v) is 7.83. The van der Waals surface area contributed by atoms with Crippen LogP contribution in [0.25, 0.3) is 55.0 Å². The van der Waals surface area contributed by atoms with E-state index in [0.717, 1.165) is 0 Å². The molecule has 0 bridgehead atoms. The number of hydrogen-bond acceptors (Lipinski definition) is 0. The van der Waals surface area contributed by atoms with Crippen molar-refractivity contribution in [3.63, 3.8) is 0 Å². The number of unbranched alkanes of at least 4 members (excludes halogenated alkanes) is 10. The number of aromatic nitrogens is 2. The summed E-state index contributed by atoms with van der Waals surface area (Å²) in [4.78, 5) is 0. The molecule has 7 rings (SSSR count). The first-order valence-electron chi connectivity index (χ1n) is 18.9. The summed E-state index contributed by atoms with van der Waals surface area (Å²) in [6.45, 7) is 4.58. The third-order valence-electron chi connectivity index (χ3n) is 10.5. The summed E-state index contributed by atoms with van der Waals surface area (Å²) in [5, 5.41) is 5.21. The van der Waals surface area contributed by atoms with Gasteiger partial charge in [0.15, 0.2) is 0 Å². The lowest BCUT2D eigenvalue weighted by Crippen LogP contribution is -1.96. The fourth-order valence-electron chi connectivity index (χ4n) is 7.83. The second-order valence-electron chi connectivity index (χ2n) is 14.0. The molecule has 2 heterocycles. The van der Waals surface area contributed by atoms with Crippen LogP contribution in [0.2, 0.25) is 0 Å². The quantitative estimate of drug-likeness (QED) is 0.0938. The van der Waals surface area contributed by atoms with Gasteiger partial charge in [0.2, 0.25) is 0 Å². The first-order valence-corrected chi connectivity index (χ1v) is 18.9. The molecule has 2 heteroatoms. The lowest BCUT2D eigenvalue weighted by atomic mass is 10.0. The van der Waals surface area contributed by atoms with Crippen LogP contribution in [0.3, 0.4) is 0 Å². The average Bonchev–Trinajstić information content (AvgIpc) is 3.63. The molecule has 0 aliphatic heterocycles. The molecule has 0 fully saturated rings. The molecule has 2 aromatic heterocycles. The zero-order valence-corrected chi connectivity index (χ0v) is 29.2. The second kappa shape index (κ2) is 15.3. The second-order valence-corrected chi connectivity index (χ2v) is 14.0. The minimum atomic E-state index is 1.17. The van der Waals surface area contributed by atoms with Gasteiger partial charge in [-0.05, 0) is 85.3 Å². The predicted molar refractivity (Wildman–Crippen MR) is 209 cm³/mol. The molecule has 0 amide bonds. The van der Waals surface area contributed by atoms with E-state index in [9.17, 15) is 0 Å². The summed E-state index contributed by atoms with van der Waals surface area (Å²) in [7, 11) is 0. The van der Waals surface area contributed by atoms with E-state index in [1.54, 1.807) is 0 Å². The largest absolute Gasteiger partial charge is 0.309 e. The number of hydrogen-bond donors (Lipinski definition) is 0.